The predicted molar refractivity (Wildman–Crippen MR) is 64.4 cm³/mol. The number of aromatic nitrogens is 2. The van der Waals surface area contributed by atoms with E-state index in [1.54, 1.807) is 12.4 Å². The zero-order valence-corrected chi connectivity index (χ0v) is 10.5. The van der Waals surface area contributed by atoms with E-state index in [1.807, 2.05) is 0 Å². The maximum absolute atomic E-state index is 12.2. The van der Waals surface area contributed by atoms with Crippen LogP contribution < -0.4 is 4.90 Å². The molecule has 1 fully saturated rings. The third-order valence-corrected chi connectivity index (χ3v) is 3.07. The highest BCUT2D eigenvalue weighted by Crippen LogP contribution is 2.12. The second kappa shape index (κ2) is 5.54. The van der Waals surface area contributed by atoms with E-state index in [-0.39, 0.29) is 6.67 Å². The van der Waals surface area contributed by atoms with E-state index in [9.17, 15) is 4.39 Å². The van der Waals surface area contributed by atoms with Crippen molar-refractivity contribution in [2.24, 2.45) is 0 Å². The van der Waals surface area contributed by atoms with E-state index in [0.717, 1.165) is 36.6 Å². The lowest BCUT2D eigenvalue weighted by Gasteiger charge is -2.34. The van der Waals surface area contributed by atoms with Crippen LogP contribution in [0.4, 0.5) is 10.3 Å². The maximum Gasteiger partial charge on any atom is 0.225 e. The number of anilines is 1. The molecule has 88 valence electrons. The Morgan fingerprint density at radius 2 is 1.81 bits per heavy atom. The number of nitrogens with zero attached hydrogens (tertiary/aromatic N) is 4. The number of hydrogen-bond donors (Lipinski definition) is 0. The summed E-state index contributed by atoms with van der Waals surface area (Å²) in [5.41, 5.74) is 0. The van der Waals surface area contributed by atoms with Crippen LogP contribution in [0.3, 0.4) is 0 Å². The lowest BCUT2D eigenvalue weighted by atomic mass is 10.3. The first-order valence-electron chi connectivity index (χ1n) is 5.30. The fourth-order valence-electron chi connectivity index (χ4n) is 1.76. The summed E-state index contributed by atoms with van der Waals surface area (Å²) in [6.45, 7) is 3.75. The van der Waals surface area contributed by atoms with Crippen LogP contribution in [0.1, 0.15) is 0 Å². The smallest absolute Gasteiger partial charge is 0.225 e. The van der Waals surface area contributed by atoms with Gasteiger partial charge in [-0.15, -0.1) is 0 Å². The van der Waals surface area contributed by atoms with Crippen LogP contribution in [-0.4, -0.2) is 54.3 Å². The molecule has 0 radical (unpaired) electrons. The fourth-order valence-corrected chi connectivity index (χ4v) is 1.96. The van der Waals surface area contributed by atoms with Gasteiger partial charge in [-0.3, -0.25) is 4.90 Å². The summed E-state index contributed by atoms with van der Waals surface area (Å²) in [5, 5.41) is 0. The molecule has 0 N–H and O–H groups in total. The molecule has 0 saturated carbocycles. The van der Waals surface area contributed by atoms with Crippen molar-refractivity contribution in [3.63, 3.8) is 0 Å². The van der Waals surface area contributed by atoms with Crippen molar-refractivity contribution in [2.45, 2.75) is 0 Å². The van der Waals surface area contributed by atoms with Gasteiger partial charge in [-0.05, 0) is 15.9 Å². The first kappa shape index (κ1) is 11.7. The zero-order chi connectivity index (χ0) is 11.4. The van der Waals surface area contributed by atoms with Gasteiger partial charge in [-0.1, -0.05) is 0 Å². The monoisotopic (exact) mass is 288 g/mol. The van der Waals surface area contributed by atoms with Crippen LogP contribution in [0.2, 0.25) is 0 Å². The van der Waals surface area contributed by atoms with Crippen molar-refractivity contribution >= 4 is 21.9 Å². The minimum absolute atomic E-state index is 0.269. The van der Waals surface area contributed by atoms with Gasteiger partial charge in [0, 0.05) is 45.1 Å². The molecule has 0 aromatic carbocycles. The first-order valence-corrected chi connectivity index (χ1v) is 6.09. The summed E-state index contributed by atoms with van der Waals surface area (Å²) in [7, 11) is 0. The molecule has 2 rings (SSSR count). The molecule has 1 aromatic heterocycles. The Kier molecular flexibility index (Phi) is 4.06. The molecule has 0 amide bonds. The lowest BCUT2D eigenvalue weighted by Crippen LogP contribution is -2.47. The van der Waals surface area contributed by atoms with Crippen molar-refractivity contribution in [1.29, 1.82) is 0 Å². The third kappa shape index (κ3) is 2.89. The largest absolute Gasteiger partial charge is 0.338 e. The molecule has 1 aliphatic heterocycles. The van der Waals surface area contributed by atoms with Gasteiger partial charge in [0.1, 0.15) is 6.67 Å². The van der Waals surface area contributed by atoms with E-state index in [1.165, 1.54) is 0 Å². The summed E-state index contributed by atoms with van der Waals surface area (Å²) in [6, 6.07) is 0. The molecule has 1 aliphatic rings. The Hall–Kier alpha value is -0.750. The normalized spacial score (nSPS) is 17.8. The van der Waals surface area contributed by atoms with Crippen molar-refractivity contribution in [1.82, 2.24) is 14.9 Å². The molecule has 0 unspecified atom stereocenters. The van der Waals surface area contributed by atoms with Gasteiger partial charge in [-0.25, -0.2) is 14.4 Å². The second-order valence-corrected chi connectivity index (χ2v) is 4.63. The third-order valence-electron chi connectivity index (χ3n) is 2.66. The fraction of sp³-hybridized carbons (Fsp3) is 0.600. The van der Waals surface area contributed by atoms with E-state index in [0.29, 0.717) is 6.54 Å². The minimum Gasteiger partial charge on any atom is -0.338 e. The van der Waals surface area contributed by atoms with E-state index >= 15 is 0 Å². The summed E-state index contributed by atoms with van der Waals surface area (Å²) in [4.78, 5) is 12.7. The first-order chi connectivity index (χ1) is 7.79. The van der Waals surface area contributed by atoms with Gasteiger partial charge in [-0.2, -0.15) is 0 Å². The lowest BCUT2D eigenvalue weighted by molar-refractivity contribution is 0.234. The Balaban J connectivity index is 1.91. The molecule has 0 aliphatic carbocycles. The van der Waals surface area contributed by atoms with Gasteiger partial charge < -0.3 is 4.90 Å². The molecule has 6 heteroatoms. The van der Waals surface area contributed by atoms with Gasteiger partial charge in [0.15, 0.2) is 0 Å². The second-order valence-electron chi connectivity index (χ2n) is 3.72. The summed E-state index contributed by atoms with van der Waals surface area (Å²) < 4.78 is 13.0. The average molecular weight is 289 g/mol. The molecule has 0 bridgehead atoms. The Bertz CT molecular complexity index is 324. The highest BCUT2D eigenvalue weighted by molar-refractivity contribution is 9.10. The quantitative estimate of drug-likeness (QED) is 0.840. The van der Waals surface area contributed by atoms with Crippen LogP contribution in [-0.2, 0) is 0 Å². The number of halogens is 2. The number of piperazine rings is 1. The number of rotatable bonds is 3. The number of hydrogen-bond acceptors (Lipinski definition) is 4. The SMILES string of the molecule is FCCN1CCN(c2ncc(Br)cn2)CC1. The van der Waals surface area contributed by atoms with Gasteiger partial charge >= 0.3 is 0 Å². The highest BCUT2D eigenvalue weighted by atomic mass is 79.9. The molecule has 2 heterocycles. The van der Waals surface area contributed by atoms with Crippen LogP contribution in [0.5, 0.6) is 0 Å². The molecular formula is C10H14BrFN4. The van der Waals surface area contributed by atoms with Crippen molar-refractivity contribution < 1.29 is 4.39 Å². The van der Waals surface area contributed by atoms with Crippen molar-refractivity contribution in [2.75, 3.05) is 44.3 Å². The van der Waals surface area contributed by atoms with E-state index in [2.05, 4.69) is 35.7 Å². The van der Waals surface area contributed by atoms with Crippen molar-refractivity contribution in [3.8, 4) is 0 Å². The van der Waals surface area contributed by atoms with Gasteiger partial charge in [0.2, 0.25) is 5.95 Å². The molecule has 16 heavy (non-hydrogen) atoms. The molecule has 0 atom stereocenters. The Labute approximate surface area is 103 Å². The topological polar surface area (TPSA) is 32.3 Å². The summed E-state index contributed by atoms with van der Waals surface area (Å²) >= 11 is 3.31. The van der Waals surface area contributed by atoms with Crippen LogP contribution in [0, 0.1) is 0 Å². The molecule has 1 saturated heterocycles. The van der Waals surface area contributed by atoms with Gasteiger partial charge in [0.05, 0.1) is 4.47 Å². The zero-order valence-electron chi connectivity index (χ0n) is 8.94. The Morgan fingerprint density at radius 3 is 2.38 bits per heavy atom. The highest BCUT2D eigenvalue weighted by Gasteiger charge is 2.18. The molecule has 4 nitrogen and oxygen atoms in total. The van der Waals surface area contributed by atoms with Crippen molar-refractivity contribution in [3.05, 3.63) is 16.9 Å². The minimum atomic E-state index is -0.269. The average Bonchev–Trinajstić information content (AvgIpc) is 2.32. The summed E-state index contributed by atoms with van der Waals surface area (Å²) in [6.07, 6.45) is 3.49. The predicted octanol–water partition coefficient (Wildman–Crippen LogP) is 1.33. The van der Waals surface area contributed by atoms with E-state index < -0.39 is 0 Å². The number of alkyl halides is 1. The van der Waals surface area contributed by atoms with Crippen LogP contribution in [0.25, 0.3) is 0 Å². The van der Waals surface area contributed by atoms with Gasteiger partial charge in [0.25, 0.3) is 0 Å². The molecular weight excluding hydrogens is 275 g/mol. The maximum atomic E-state index is 12.2. The Morgan fingerprint density at radius 1 is 1.19 bits per heavy atom. The van der Waals surface area contributed by atoms with Crippen LogP contribution in [0.15, 0.2) is 16.9 Å². The van der Waals surface area contributed by atoms with Crippen LogP contribution >= 0.6 is 15.9 Å². The molecule has 0 spiro atoms. The summed E-state index contributed by atoms with van der Waals surface area (Å²) in [5.74, 6) is 0.753. The standard InChI is InChI=1S/C10H14BrFN4/c11-9-7-13-10(14-8-9)16-5-3-15(2-1-12)4-6-16/h7-8H,1-6H2. The molecule has 1 aromatic rings. The van der Waals surface area contributed by atoms with E-state index in [4.69, 9.17) is 0 Å².